The fraction of sp³-hybridized carbons (Fsp3) is 0.133. The highest BCUT2D eigenvalue weighted by molar-refractivity contribution is 7.89. The Bertz CT molecular complexity index is 879. The van der Waals surface area contributed by atoms with Crippen LogP contribution in [0, 0.1) is 17.0 Å². The molecule has 0 saturated carbocycles. The Morgan fingerprint density at radius 1 is 1.21 bits per heavy atom. The Morgan fingerprint density at radius 3 is 2.58 bits per heavy atom. The number of non-ortho nitro benzene ring substituents is 1. The van der Waals surface area contributed by atoms with Crippen molar-refractivity contribution < 1.29 is 22.9 Å². The summed E-state index contributed by atoms with van der Waals surface area (Å²) >= 11 is 0. The van der Waals surface area contributed by atoms with Gasteiger partial charge in [-0.3, -0.25) is 14.9 Å². The van der Waals surface area contributed by atoms with Gasteiger partial charge in [-0.1, -0.05) is 18.2 Å². The van der Waals surface area contributed by atoms with Gasteiger partial charge in [-0.05, 0) is 30.7 Å². The number of carbonyl (C=O) groups is 1. The average Bonchev–Trinajstić information content (AvgIpc) is 2.53. The number of nitro groups is 1. The van der Waals surface area contributed by atoms with Gasteiger partial charge >= 0.3 is 5.97 Å². The molecule has 0 atom stereocenters. The summed E-state index contributed by atoms with van der Waals surface area (Å²) in [5.41, 5.74) is 0.526. The highest BCUT2D eigenvalue weighted by atomic mass is 32.2. The van der Waals surface area contributed by atoms with Crippen LogP contribution in [0.2, 0.25) is 0 Å². The standard InChI is InChI=1S/C15H14N2O6S/c1-11-4-2-6-13(8-11)23-15(18)10-16-24(21,22)14-7-3-5-12(9-14)17(19)20/h2-9,16H,10H2,1H3. The summed E-state index contributed by atoms with van der Waals surface area (Å²) in [7, 11) is -4.07. The third-order valence-electron chi connectivity index (χ3n) is 2.97. The third kappa shape index (κ3) is 4.61. The second-order valence-electron chi connectivity index (χ2n) is 4.87. The van der Waals surface area contributed by atoms with E-state index in [-0.39, 0.29) is 10.6 Å². The summed E-state index contributed by atoms with van der Waals surface area (Å²) in [6.45, 7) is 1.22. The van der Waals surface area contributed by atoms with Crippen LogP contribution in [-0.2, 0) is 14.8 Å². The van der Waals surface area contributed by atoms with E-state index in [0.717, 1.165) is 11.6 Å². The van der Waals surface area contributed by atoms with E-state index in [9.17, 15) is 23.3 Å². The number of nitro benzene ring substituents is 1. The van der Waals surface area contributed by atoms with Gasteiger partial charge in [0.2, 0.25) is 10.0 Å². The van der Waals surface area contributed by atoms with E-state index >= 15 is 0 Å². The number of hydrogen-bond donors (Lipinski definition) is 1. The molecule has 0 aromatic heterocycles. The van der Waals surface area contributed by atoms with Crippen LogP contribution in [0.5, 0.6) is 5.75 Å². The van der Waals surface area contributed by atoms with Crippen LogP contribution in [0.3, 0.4) is 0 Å². The maximum absolute atomic E-state index is 12.1. The number of aryl methyl sites for hydroxylation is 1. The molecule has 24 heavy (non-hydrogen) atoms. The Morgan fingerprint density at radius 2 is 1.92 bits per heavy atom. The highest BCUT2D eigenvalue weighted by Crippen LogP contribution is 2.17. The molecule has 2 aromatic carbocycles. The first-order chi connectivity index (χ1) is 11.3. The normalized spacial score (nSPS) is 11.0. The zero-order valence-corrected chi connectivity index (χ0v) is 13.4. The number of benzene rings is 2. The highest BCUT2D eigenvalue weighted by Gasteiger charge is 2.19. The van der Waals surface area contributed by atoms with E-state index < -0.39 is 27.5 Å². The van der Waals surface area contributed by atoms with Crippen molar-refractivity contribution in [2.24, 2.45) is 0 Å². The number of esters is 1. The molecule has 2 rings (SSSR count). The van der Waals surface area contributed by atoms with Crippen LogP contribution in [-0.4, -0.2) is 25.9 Å². The molecule has 0 aliphatic carbocycles. The van der Waals surface area contributed by atoms with Crippen molar-refractivity contribution >= 4 is 21.7 Å². The molecule has 0 unspecified atom stereocenters. The predicted molar refractivity (Wildman–Crippen MR) is 85.1 cm³/mol. The van der Waals surface area contributed by atoms with Crippen LogP contribution < -0.4 is 9.46 Å². The minimum atomic E-state index is -4.07. The second kappa shape index (κ2) is 7.20. The molecule has 0 amide bonds. The largest absolute Gasteiger partial charge is 0.426 e. The van der Waals surface area contributed by atoms with Gasteiger partial charge in [0.25, 0.3) is 5.69 Å². The molecule has 126 valence electrons. The third-order valence-corrected chi connectivity index (χ3v) is 4.37. The van der Waals surface area contributed by atoms with Crippen molar-refractivity contribution in [3.63, 3.8) is 0 Å². The Hall–Kier alpha value is -2.78. The molecule has 0 bridgehead atoms. The van der Waals surface area contributed by atoms with Gasteiger partial charge in [-0.2, -0.15) is 4.72 Å². The number of sulfonamides is 1. The molecule has 9 heteroatoms. The maximum Gasteiger partial charge on any atom is 0.326 e. The summed E-state index contributed by atoms with van der Waals surface area (Å²) in [6, 6.07) is 11.2. The molecule has 0 saturated heterocycles. The van der Waals surface area contributed by atoms with Crippen LogP contribution in [0.25, 0.3) is 0 Å². The molecular formula is C15H14N2O6S. The lowest BCUT2D eigenvalue weighted by atomic mass is 10.2. The maximum atomic E-state index is 12.1. The number of nitrogens with zero attached hydrogens (tertiary/aromatic N) is 1. The fourth-order valence-corrected chi connectivity index (χ4v) is 2.86. The molecule has 1 N–H and O–H groups in total. The summed E-state index contributed by atoms with van der Waals surface area (Å²) < 4.78 is 31.2. The molecular weight excluding hydrogens is 336 g/mol. The zero-order valence-electron chi connectivity index (χ0n) is 12.6. The van der Waals surface area contributed by atoms with Crippen LogP contribution in [0.15, 0.2) is 53.4 Å². The van der Waals surface area contributed by atoms with Crippen molar-refractivity contribution in [1.29, 1.82) is 0 Å². The van der Waals surface area contributed by atoms with Gasteiger partial charge in [0, 0.05) is 12.1 Å². The fourth-order valence-electron chi connectivity index (χ4n) is 1.85. The summed E-state index contributed by atoms with van der Waals surface area (Å²) in [6.07, 6.45) is 0. The Balaban J connectivity index is 2.03. The van der Waals surface area contributed by atoms with Crippen molar-refractivity contribution in [3.8, 4) is 5.75 Å². The van der Waals surface area contributed by atoms with Gasteiger partial charge in [-0.15, -0.1) is 0 Å². The monoisotopic (exact) mass is 350 g/mol. The lowest BCUT2D eigenvalue weighted by molar-refractivity contribution is -0.385. The van der Waals surface area contributed by atoms with Crippen molar-refractivity contribution in [3.05, 3.63) is 64.2 Å². The van der Waals surface area contributed by atoms with Crippen LogP contribution in [0.4, 0.5) is 5.69 Å². The smallest absolute Gasteiger partial charge is 0.326 e. The summed E-state index contributed by atoms with van der Waals surface area (Å²) in [4.78, 5) is 21.4. The molecule has 0 spiro atoms. The minimum absolute atomic E-state index is 0.301. The van der Waals surface area contributed by atoms with E-state index in [4.69, 9.17) is 4.74 Å². The SMILES string of the molecule is Cc1cccc(OC(=O)CNS(=O)(=O)c2cccc([N+](=O)[O-])c2)c1. The number of carbonyl (C=O) groups excluding carboxylic acids is 1. The molecule has 0 heterocycles. The van der Waals surface area contributed by atoms with E-state index in [1.165, 1.54) is 18.2 Å². The first-order valence-corrected chi connectivity index (χ1v) is 8.28. The van der Waals surface area contributed by atoms with Gasteiger partial charge in [0.05, 0.1) is 9.82 Å². The lowest BCUT2D eigenvalue weighted by Gasteiger charge is -2.07. The van der Waals surface area contributed by atoms with Crippen LogP contribution in [0.1, 0.15) is 5.56 Å². The van der Waals surface area contributed by atoms with E-state index in [0.29, 0.717) is 5.75 Å². The molecule has 8 nitrogen and oxygen atoms in total. The topological polar surface area (TPSA) is 116 Å². The van der Waals surface area contributed by atoms with E-state index in [1.807, 2.05) is 13.0 Å². The Kier molecular flexibility index (Phi) is 5.27. The Labute approximate surface area is 138 Å². The van der Waals surface area contributed by atoms with Gasteiger partial charge in [0.15, 0.2) is 0 Å². The van der Waals surface area contributed by atoms with Gasteiger partial charge in [-0.25, -0.2) is 8.42 Å². The molecule has 2 aromatic rings. The summed E-state index contributed by atoms with van der Waals surface area (Å²) in [5, 5.41) is 10.7. The predicted octanol–water partition coefficient (Wildman–Crippen LogP) is 1.79. The minimum Gasteiger partial charge on any atom is -0.426 e. The molecule has 0 radical (unpaired) electrons. The molecule has 0 fully saturated rings. The number of hydrogen-bond acceptors (Lipinski definition) is 6. The van der Waals surface area contributed by atoms with E-state index in [2.05, 4.69) is 4.72 Å². The zero-order chi connectivity index (χ0) is 17.7. The average molecular weight is 350 g/mol. The second-order valence-corrected chi connectivity index (χ2v) is 6.64. The lowest BCUT2D eigenvalue weighted by Crippen LogP contribution is -2.32. The first kappa shape index (κ1) is 17.6. The summed E-state index contributed by atoms with van der Waals surface area (Å²) in [5.74, 6) is -0.496. The van der Waals surface area contributed by atoms with Crippen molar-refractivity contribution in [2.75, 3.05) is 6.54 Å². The molecule has 0 aliphatic rings. The quantitative estimate of drug-likeness (QED) is 0.367. The number of rotatable bonds is 6. The van der Waals surface area contributed by atoms with Gasteiger partial charge < -0.3 is 4.74 Å². The van der Waals surface area contributed by atoms with Crippen molar-refractivity contribution in [1.82, 2.24) is 4.72 Å². The number of ether oxygens (including phenoxy) is 1. The molecule has 0 aliphatic heterocycles. The van der Waals surface area contributed by atoms with Crippen LogP contribution >= 0.6 is 0 Å². The number of nitrogens with one attached hydrogen (secondary N) is 1. The van der Waals surface area contributed by atoms with Gasteiger partial charge in [0.1, 0.15) is 12.3 Å². The van der Waals surface area contributed by atoms with E-state index in [1.54, 1.807) is 18.2 Å². The first-order valence-electron chi connectivity index (χ1n) is 6.79. The van der Waals surface area contributed by atoms with Crippen molar-refractivity contribution in [2.45, 2.75) is 11.8 Å².